The number of benzene rings is 1. The lowest BCUT2D eigenvalue weighted by Crippen LogP contribution is -2.27. The fraction of sp³-hybridized carbons (Fsp3) is 0.353. The molecule has 1 saturated heterocycles. The van der Waals surface area contributed by atoms with Crippen LogP contribution in [0.15, 0.2) is 42.6 Å². The molecule has 1 aliphatic heterocycles. The maximum absolute atomic E-state index is 8.90. The predicted molar refractivity (Wildman–Crippen MR) is 82.9 cm³/mol. The van der Waals surface area contributed by atoms with Gasteiger partial charge >= 0.3 is 0 Å². The van der Waals surface area contributed by atoms with E-state index >= 15 is 0 Å². The highest BCUT2D eigenvalue weighted by Gasteiger charge is 2.55. The van der Waals surface area contributed by atoms with Gasteiger partial charge in [-0.15, -0.1) is 5.10 Å². The second-order valence-corrected chi connectivity index (χ2v) is 6.12. The molecule has 1 N–H and O–H groups in total. The summed E-state index contributed by atoms with van der Waals surface area (Å²) < 4.78 is 0. The van der Waals surface area contributed by atoms with Gasteiger partial charge in [-0.25, -0.2) is 0 Å². The van der Waals surface area contributed by atoms with Crippen LogP contribution in [0.3, 0.4) is 0 Å². The van der Waals surface area contributed by atoms with Gasteiger partial charge in [-0.2, -0.15) is 10.4 Å². The highest BCUT2D eigenvalue weighted by molar-refractivity contribution is 5.43. The van der Waals surface area contributed by atoms with Gasteiger partial charge in [0.15, 0.2) is 0 Å². The maximum Gasteiger partial charge on any atom is 0.150 e. The molecular weight excluding hydrogens is 274 g/mol. The summed E-state index contributed by atoms with van der Waals surface area (Å²) in [5.41, 5.74) is 1.93. The number of anilines is 1. The third kappa shape index (κ3) is 2.53. The van der Waals surface area contributed by atoms with Crippen LogP contribution in [-0.4, -0.2) is 34.2 Å². The number of fused-ring (bicyclic) bond motifs is 1. The van der Waals surface area contributed by atoms with E-state index in [2.05, 4.69) is 56.8 Å². The Bertz CT molecular complexity index is 696. The van der Waals surface area contributed by atoms with Crippen molar-refractivity contribution in [3.05, 3.63) is 53.7 Å². The molecule has 1 aliphatic carbocycles. The molecule has 22 heavy (non-hydrogen) atoms. The molecule has 110 valence electrons. The summed E-state index contributed by atoms with van der Waals surface area (Å²) in [5.74, 6) is 2.10. The van der Waals surface area contributed by atoms with Crippen molar-refractivity contribution in [3.63, 3.8) is 0 Å². The van der Waals surface area contributed by atoms with Crippen LogP contribution in [0.25, 0.3) is 0 Å². The molecule has 1 saturated carbocycles. The molecule has 5 heteroatoms. The van der Waals surface area contributed by atoms with E-state index in [1.165, 1.54) is 11.8 Å². The first-order valence-electron chi connectivity index (χ1n) is 7.59. The Hall–Kier alpha value is -2.45. The number of likely N-dealkylation sites (tertiary alicyclic amines) is 1. The van der Waals surface area contributed by atoms with Gasteiger partial charge in [-0.05, 0) is 17.4 Å². The van der Waals surface area contributed by atoms with E-state index in [1.807, 2.05) is 0 Å². The second-order valence-electron chi connectivity index (χ2n) is 6.12. The molecule has 3 atom stereocenters. The van der Waals surface area contributed by atoms with Crippen molar-refractivity contribution in [2.45, 2.75) is 12.6 Å². The van der Waals surface area contributed by atoms with Crippen molar-refractivity contribution in [2.24, 2.45) is 11.8 Å². The Labute approximate surface area is 129 Å². The van der Waals surface area contributed by atoms with Crippen LogP contribution in [-0.2, 0) is 6.54 Å². The zero-order valence-corrected chi connectivity index (χ0v) is 12.2. The number of aromatic nitrogens is 2. The molecular formula is C17H17N5. The normalized spacial score (nSPS) is 26.2. The summed E-state index contributed by atoms with van der Waals surface area (Å²) in [7, 11) is 0. The standard InChI is InChI=1S/C17H17N5/c18-7-13-6-16(21-19-8-13)20-17-14-10-22(11-15(14)17)9-12-4-2-1-3-5-12/h1-6,8,14-15,17H,9-11H2,(H,20,21)/t14-,15+,17?. The van der Waals surface area contributed by atoms with Crippen LogP contribution in [0.1, 0.15) is 11.1 Å². The minimum absolute atomic E-state index is 0.482. The van der Waals surface area contributed by atoms with Gasteiger partial charge in [0, 0.05) is 31.7 Å². The number of rotatable bonds is 4. The monoisotopic (exact) mass is 291 g/mol. The van der Waals surface area contributed by atoms with Gasteiger partial charge in [-0.3, -0.25) is 4.90 Å². The Morgan fingerprint density at radius 3 is 2.73 bits per heavy atom. The van der Waals surface area contributed by atoms with Crippen LogP contribution in [0.2, 0.25) is 0 Å². The van der Waals surface area contributed by atoms with E-state index in [0.717, 1.165) is 19.6 Å². The summed E-state index contributed by atoms with van der Waals surface area (Å²) in [6.07, 6.45) is 1.49. The van der Waals surface area contributed by atoms with Gasteiger partial charge < -0.3 is 5.32 Å². The largest absolute Gasteiger partial charge is 0.365 e. The summed E-state index contributed by atoms with van der Waals surface area (Å²) in [6, 6.07) is 15.0. The Morgan fingerprint density at radius 2 is 2.00 bits per heavy atom. The molecule has 1 aromatic carbocycles. The average molecular weight is 291 g/mol. The summed E-state index contributed by atoms with van der Waals surface area (Å²) in [6.45, 7) is 3.29. The first-order valence-corrected chi connectivity index (χ1v) is 7.59. The molecule has 0 amide bonds. The molecule has 2 aliphatic rings. The number of nitrogens with one attached hydrogen (secondary N) is 1. The Balaban J connectivity index is 1.32. The van der Waals surface area contributed by atoms with Crippen molar-refractivity contribution in [2.75, 3.05) is 18.4 Å². The summed E-state index contributed by atoms with van der Waals surface area (Å²) in [5, 5.41) is 20.2. The van der Waals surface area contributed by atoms with Crippen molar-refractivity contribution < 1.29 is 0 Å². The number of nitrogens with zero attached hydrogens (tertiary/aromatic N) is 4. The van der Waals surface area contributed by atoms with E-state index in [1.54, 1.807) is 6.07 Å². The van der Waals surface area contributed by atoms with Crippen LogP contribution in [0, 0.1) is 23.2 Å². The van der Waals surface area contributed by atoms with E-state index in [9.17, 15) is 0 Å². The van der Waals surface area contributed by atoms with E-state index in [-0.39, 0.29) is 0 Å². The lowest BCUT2D eigenvalue weighted by Gasteiger charge is -2.20. The summed E-state index contributed by atoms with van der Waals surface area (Å²) >= 11 is 0. The number of hydrogen-bond donors (Lipinski definition) is 1. The third-order valence-corrected chi connectivity index (χ3v) is 4.62. The van der Waals surface area contributed by atoms with Crippen molar-refractivity contribution >= 4 is 5.82 Å². The Kier molecular flexibility index (Phi) is 3.24. The highest BCUT2D eigenvalue weighted by atomic mass is 15.2. The molecule has 2 aromatic rings. The van der Waals surface area contributed by atoms with E-state index in [4.69, 9.17) is 5.26 Å². The van der Waals surface area contributed by atoms with E-state index < -0.39 is 0 Å². The van der Waals surface area contributed by atoms with Gasteiger partial charge in [0.2, 0.25) is 0 Å². The van der Waals surface area contributed by atoms with Crippen LogP contribution >= 0.6 is 0 Å². The number of nitriles is 1. The van der Waals surface area contributed by atoms with Gasteiger partial charge in [0.25, 0.3) is 0 Å². The van der Waals surface area contributed by atoms with Crippen LogP contribution in [0.5, 0.6) is 0 Å². The fourth-order valence-electron chi connectivity index (χ4n) is 3.47. The van der Waals surface area contributed by atoms with Crippen molar-refractivity contribution in [1.29, 1.82) is 5.26 Å². The molecule has 2 heterocycles. The molecule has 0 radical (unpaired) electrons. The minimum atomic E-state index is 0.482. The van der Waals surface area contributed by atoms with Crippen molar-refractivity contribution in [1.82, 2.24) is 15.1 Å². The minimum Gasteiger partial charge on any atom is -0.365 e. The summed E-state index contributed by atoms with van der Waals surface area (Å²) in [4.78, 5) is 2.51. The molecule has 0 bridgehead atoms. The molecule has 1 unspecified atom stereocenters. The van der Waals surface area contributed by atoms with Gasteiger partial charge in [-0.1, -0.05) is 30.3 Å². The highest BCUT2D eigenvalue weighted by Crippen LogP contribution is 2.47. The first-order chi connectivity index (χ1) is 10.8. The average Bonchev–Trinajstić information content (AvgIpc) is 3.00. The smallest absolute Gasteiger partial charge is 0.150 e. The second kappa shape index (κ2) is 5.39. The SMILES string of the molecule is N#Cc1cnnc(NC2[C@H]3CN(Cc4ccccc4)C[C@@H]23)c1. The lowest BCUT2D eigenvalue weighted by atomic mass is 10.2. The van der Waals surface area contributed by atoms with Crippen LogP contribution < -0.4 is 5.32 Å². The quantitative estimate of drug-likeness (QED) is 0.932. The zero-order chi connectivity index (χ0) is 14.9. The first kappa shape index (κ1) is 13.2. The fourth-order valence-corrected chi connectivity index (χ4v) is 3.47. The maximum atomic E-state index is 8.90. The lowest BCUT2D eigenvalue weighted by molar-refractivity contribution is 0.292. The molecule has 0 spiro atoms. The topological polar surface area (TPSA) is 64.8 Å². The Morgan fingerprint density at radius 1 is 1.23 bits per heavy atom. The number of piperidine rings is 1. The van der Waals surface area contributed by atoms with Crippen LogP contribution in [0.4, 0.5) is 5.82 Å². The molecule has 2 fully saturated rings. The van der Waals surface area contributed by atoms with Crippen molar-refractivity contribution in [3.8, 4) is 6.07 Å². The molecule has 1 aromatic heterocycles. The van der Waals surface area contributed by atoms with E-state index in [0.29, 0.717) is 29.3 Å². The third-order valence-electron chi connectivity index (χ3n) is 4.62. The van der Waals surface area contributed by atoms with Gasteiger partial charge in [0.1, 0.15) is 11.9 Å². The molecule has 4 rings (SSSR count). The van der Waals surface area contributed by atoms with Gasteiger partial charge in [0.05, 0.1) is 11.8 Å². The predicted octanol–water partition coefficient (Wildman–Crippen LogP) is 1.89. The number of hydrogen-bond acceptors (Lipinski definition) is 5. The zero-order valence-electron chi connectivity index (χ0n) is 12.2. The molecule has 5 nitrogen and oxygen atoms in total.